The van der Waals surface area contributed by atoms with E-state index in [1.165, 1.54) is 6.07 Å². The van der Waals surface area contributed by atoms with Crippen molar-refractivity contribution in [2.75, 3.05) is 0 Å². The molecule has 0 radical (unpaired) electrons. The summed E-state index contributed by atoms with van der Waals surface area (Å²) in [7, 11) is 0. The summed E-state index contributed by atoms with van der Waals surface area (Å²) in [4.78, 5) is 14.1. The second kappa shape index (κ2) is 5.34. The number of likely N-dealkylation sites (tertiary alicyclic amines) is 1. The number of nitrogens with two attached hydrogens (primary N) is 1. The maximum absolute atomic E-state index is 14.4. The molecule has 5 heteroatoms. The molecule has 2 aliphatic rings. The highest BCUT2D eigenvalue weighted by molar-refractivity contribution is 6.30. The lowest BCUT2D eigenvalue weighted by atomic mass is 9.95. The highest BCUT2D eigenvalue weighted by Crippen LogP contribution is 2.40. The number of carbonyl (C=O) groups is 1. The molecule has 2 fully saturated rings. The molecular weight excluding hydrogens is 279 g/mol. The lowest BCUT2D eigenvalue weighted by Gasteiger charge is -2.34. The van der Waals surface area contributed by atoms with Gasteiger partial charge in [-0.1, -0.05) is 23.7 Å². The second-order valence-corrected chi connectivity index (χ2v) is 6.08. The first-order valence-corrected chi connectivity index (χ1v) is 7.48. The highest BCUT2D eigenvalue weighted by atomic mass is 35.5. The van der Waals surface area contributed by atoms with Gasteiger partial charge >= 0.3 is 0 Å². The zero-order chi connectivity index (χ0) is 14.3. The molecule has 2 unspecified atom stereocenters. The predicted octanol–water partition coefficient (Wildman–Crippen LogP) is 3.02. The molecular formula is C15H18ClFN2O. The number of carbonyl (C=O) groups excluding carboxylic acids is 1. The van der Waals surface area contributed by atoms with Gasteiger partial charge in [0.05, 0.1) is 11.1 Å². The van der Waals surface area contributed by atoms with E-state index in [1.54, 1.807) is 12.1 Å². The lowest BCUT2D eigenvalue weighted by molar-refractivity contribution is -0.134. The van der Waals surface area contributed by atoms with Crippen molar-refractivity contribution in [2.24, 2.45) is 5.73 Å². The minimum Gasteiger partial charge on any atom is -0.331 e. The summed E-state index contributed by atoms with van der Waals surface area (Å²) in [5, 5.41) is 0.0853. The van der Waals surface area contributed by atoms with Crippen LogP contribution in [0.15, 0.2) is 18.2 Å². The molecule has 1 saturated carbocycles. The van der Waals surface area contributed by atoms with Gasteiger partial charge in [-0.2, -0.15) is 0 Å². The predicted molar refractivity (Wildman–Crippen MR) is 75.8 cm³/mol. The minimum absolute atomic E-state index is 0.0853. The third-order valence-electron chi connectivity index (χ3n) is 4.16. The van der Waals surface area contributed by atoms with E-state index >= 15 is 0 Å². The van der Waals surface area contributed by atoms with E-state index in [-0.39, 0.29) is 23.0 Å². The Morgan fingerprint density at radius 1 is 1.30 bits per heavy atom. The number of halogens is 2. The molecule has 1 aliphatic heterocycles. The van der Waals surface area contributed by atoms with E-state index in [0.29, 0.717) is 12.0 Å². The van der Waals surface area contributed by atoms with Crippen molar-refractivity contribution in [1.82, 2.24) is 4.90 Å². The molecule has 0 bridgehead atoms. The van der Waals surface area contributed by atoms with Crippen LogP contribution in [0.2, 0.25) is 5.02 Å². The fourth-order valence-electron chi connectivity index (χ4n) is 3.05. The highest BCUT2D eigenvalue weighted by Gasteiger charge is 2.42. The molecule has 0 aromatic heterocycles. The van der Waals surface area contributed by atoms with Crippen LogP contribution in [0, 0.1) is 5.82 Å². The first kappa shape index (κ1) is 13.8. The maximum Gasteiger partial charge on any atom is 0.223 e. The molecule has 0 spiro atoms. The average Bonchev–Trinajstić information content (AvgIpc) is 3.23. The number of benzene rings is 1. The Morgan fingerprint density at radius 3 is 2.75 bits per heavy atom. The molecule has 1 aliphatic carbocycles. The van der Waals surface area contributed by atoms with E-state index in [1.807, 2.05) is 4.90 Å². The van der Waals surface area contributed by atoms with Gasteiger partial charge in [0, 0.05) is 24.1 Å². The van der Waals surface area contributed by atoms with Crippen LogP contribution in [0.1, 0.15) is 43.7 Å². The smallest absolute Gasteiger partial charge is 0.223 e. The van der Waals surface area contributed by atoms with E-state index in [4.69, 9.17) is 17.3 Å². The van der Waals surface area contributed by atoms with Crippen LogP contribution in [0.25, 0.3) is 0 Å². The molecule has 3 rings (SSSR count). The zero-order valence-corrected chi connectivity index (χ0v) is 11.9. The monoisotopic (exact) mass is 296 g/mol. The number of rotatable bonds is 2. The summed E-state index contributed by atoms with van der Waals surface area (Å²) in [6, 6.07) is 4.51. The third kappa shape index (κ3) is 2.42. The molecule has 1 heterocycles. The van der Waals surface area contributed by atoms with E-state index in [9.17, 15) is 9.18 Å². The van der Waals surface area contributed by atoms with E-state index in [2.05, 4.69) is 0 Å². The van der Waals surface area contributed by atoms with Gasteiger partial charge < -0.3 is 10.6 Å². The minimum atomic E-state index is -0.449. The van der Waals surface area contributed by atoms with Crippen LogP contribution in [0.5, 0.6) is 0 Å². The normalized spacial score (nSPS) is 27.6. The molecule has 108 valence electrons. The summed E-state index contributed by atoms with van der Waals surface area (Å²) in [5.74, 6) is -0.361. The fourth-order valence-corrected chi connectivity index (χ4v) is 3.23. The molecule has 2 atom stereocenters. The summed E-state index contributed by atoms with van der Waals surface area (Å²) in [6.07, 6.45) is 3.96. The molecule has 3 nitrogen and oxygen atoms in total. The van der Waals surface area contributed by atoms with Crippen LogP contribution in [-0.2, 0) is 4.79 Å². The summed E-state index contributed by atoms with van der Waals surface area (Å²) in [5.41, 5.74) is 6.70. The Hall–Kier alpha value is -1.13. The van der Waals surface area contributed by atoms with Gasteiger partial charge in [0.15, 0.2) is 0 Å². The van der Waals surface area contributed by atoms with Crippen molar-refractivity contribution in [3.63, 3.8) is 0 Å². The number of nitrogens with zero attached hydrogens (tertiary/aromatic N) is 1. The lowest BCUT2D eigenvalue weighted by Crippen LogP contribution is -2.43. The van der Waals surface area contributed by atoms with Crippen LogP contribution in [-0.4, -0.2) is 22.9 Å². The van der Waals surface area contributed by atoms with E-state index in [0.717, 1.165) is 25.7 Å². The Morgan fingerprint density at radius 2 is 2.05 bits per heavy atom. The molecule has 2 N–H and O–H groups in total. The van der Waals surface area contributed by atoms with Crippen LogP contribution < -0.4 is 5.73 Å². The Bertz CT molecular complexity index is 533. The van der Waals surface area contributed by atoms with Crippen molar-refractivity contribution in [2.45, 2.75) is 50.2 Å². The van der Waals surface area contributed by atoms with E-state index < -0.39 is 11.9 Å². The second-order valence-electron chi connectivity index (χ2n) is 5.68. The number of hydrogen-bond acceptors (Lipinski definition) is 2. The molecule has 1 aromatic rings. The first-order valence-electron chi connectivity index (χ1n) is 7.10. The largest absolute Gasteiger partial charge is 0.331 e. The van der Waals surface area contributed by atoms with Gasteiger partial charge in [0.2, 0.25) is 5.91 Å². The Kier molecular flexibility index (Phi) is 3.69. The Balaban J connectivity index is 2.05. The van der Waals surface area contributed by atoms with Crippen LogP contribution >= 0.6 is 11.6 Å². The van der Waals surface area contributed by atoms with Crippen molar-refractivity contribution in [1.29, 1.82) is 0 Å². The maximum atomic E-state index is 14.4. The van der Waals surface area contributed by atoms with Gasteiger partial charge in [-0.05, 0) is 31.7 Å². The summed E-state index contributed by atoms with van der Waals surface area (Å²) >= 11 is 5.88. The van der Waals surface area contributed by atoms with Crippen molar-refractivity contribution < 1.29 is 9.18 Å². The van der Waals surface area contributed by atoms with Gasteiger partial charge in [-0.25, -0.2) is 4.39 Å². The quantitative estimate of drug-likeness (QED) is 0.912. The SMILES string of the molecule is NC1CCCC(=O)N(C2CC2)C1c1cccc(Cl)c1F. The average molecular weight is 297 g/mol. The summed E-state index contributed by atoms with van der Waals surface area (Å²) in [6.45, 7) is 0. The van der Waals surface area contributed by atoms with Crippen molar-refractivity contribution in [3.05, 3.63) is 34.6 Å². The Labute approximate surface area is 122 Å². The molecule has 1 saturated heterocycles. The number of hydrogen-bond donors (Lipinski definition) is 1. The topological polar surface area (TPSA) is 46.3 Å². The van der Waals surface area contributed by atoms with Gasteiger partial charge in [0.1, 0.15) is 5.82 Å². The summed E-state index contributed by atoms with van der Waals surface area (Å²) < 4.78 is 14.4. The molecule has 1 amide bonds. The van der Waals surface area contributed by atoms with Gasteiger partial charge in [-0.3, -0.25) is 4.79 Å². The van der Waals surface area contributed by atoms with Gasteiger partial charge in [-0.15, -0.1) is 0 Å². The van der Waals surface area contributed by atoms with Crippen molar-refractivity contribution >= 4 is 17.5 Å². The molecule has 1 aromatic carbocycles. The van der Waals surface area contributed by atoms with Crippen LogP contribution in [0.4, 0.5) is 4.39 Å². The van der Waals surface area contributed by atoms with Gasteiger partial charge in [0.25, 0.3) is 0 Å². The zero-order valence-electron chi connectivity index (χ0n) is 11.2. The van der Waals surface area contributed by atoms with Crippen molar-refractivity contribution in [3.8, 4) is 0 Å². The fraction of sp³-hybridized carbons (Fsp3) is 0.533. The first-order chi connectivity index (χ1) is 9.59. The standard InChI is InChI=1S/C15H18ClFN2O/c16-11-4-1-3-10(14(11)17)15-12(18)5-2-6-13(20)19(15)9-7-8-9/h1,3-4,9,12,15H,2,5-8,18H2. The molecule has 20 heavy (non-hydrogen) atoms. The third-order valence-corrected chi connectivity index (χ3v) is 4.45. The number of amides is 1. The van der Waals surface area contributed by atoms with Crippen LogP contribution in [0.3, 0.4) is 0 Å².